The van der Waals surface area contributed by atoms with E-state index in [4.69, 9.17) is 9.47 Å². The number of rotatable bonds is 10. The van der Waals surface area contributed by atoms with Crippen LogP contribution in [0.25, 0.3) is 0 Å². The van der Waals surface area contributed by atoms with E-state index in [2.05, 4.69) is 33.7 Å². The van der Waals surface area contributed by atoms with E-state index in [1.165, 1.54) is 18.2 Å². The van der Waals surface area contributed by atoms with Crippen molar-refractivity contribution in [2.45, 2.75) is 64.6 Å². The van der Waals surface area contributed by atoms with E-state index in [1.54, 1.807) is 25.7 Å². The summed E-state index contributed by atoms with van der Waals surface area (Å²) in [6.45, 7) is 12.3. The highest BCUT2D eigenvalue weighted by atomic mass is 19.4. The fourth-order valence-electron chi connectivity index (χ4n) is 6.05. The van der Waals surface area contributed by atoms with Crippen LogP contribution in [0.15, 0.2) is 36.4 Å². The average Bonchev–Trinajstić information content (AvgIpc) is 3.67. The van der Waals surface area contributed by atoms with Crippen molar-refractivity contribution in [1.82, 2.24) is 14.7 Å². The lowest BCUT2D eigenvalue weighted by Crippen LogP contribution is -2.52. The standard InChI is InChI=1S/C19H24F4N2O4.C15H21N3O2/c1-18(2,3)15(16(26)25-9-13(29-4)8-14(25)17(27)28)24-12-6-10(19(21,22)23)5-11(20)7-12;19-12-18-10-13-1-2-15(9-14(13)11-18)16-3-4-17-5-7-20-8-6-17/h5-7,13-15,24H,8-9H2,1-4H3,(H,27,28);1-2,9,12,16H,3-8,10-11H2. The molecule has 0 bridgehead atoms. The number of halogens is 4. The number of anilines is 2. The quantitative estimate of drug-likeness (QED) is 0.247. The van der Waals surface area contributed by atoms with Crippen molar-refractivity contribution in [3.63, 3.8) is 0 Å². The number of alkyl halides is 3. The molecule has 270 valence electrons. The molecule has 15 heteroatoms. The molecule has 5 rings (SSSR count). The second kappa shape index (κ2) is 16.2. The molecule has 0 aliphatic carbocycles. The van der Waals surface area contributed by atoms with Gasteiger partial charge in [-0.1, -0.05) is 26.8 Å². The van der Waals surface area contributed by atoms with Crippen molar-refractivity contribution >= 4 is 29.7 Å². The zero-order valence-electron chi connectivity index (χ0n) is 28.2. The number of carbonyl (C=O) groups excluding carboxylic acids is 2. The third-order valence-corrected chi connectivity index (χ3v) is 8.78. The second-order valence-corrected chi connectivity index (χ2v) is 13.5. The van der Waals surface area contributed by atoms with Crippen molar-refractivity contribution in [2.75, 3.05) is 63.7 Å². The van der Waals surface area contributed by atoms with E-state index in [1.807, 2.05) is 0 Å². The number of aliphatic carboxylic acids is 1. The predicted molar refractivity (Wildman–Crippen MR) is 174 cm³/mol. The molecule has 49 heavy (non-hydrogen) atoms. The third-order valence-electron chi connectivity index (χ3n) is 8.78. The molecule has 2 fully saturated rings. The molecule has 0 spiro atoms. The van der Waals surface area contributed by atoms with Crippen molar-refractivity contribution in [1.29, 1.82) is 0 Å². The van der Waals surface area contributed by atoms with Crippen LogP contribution < -0.4 is 10.6 Å². The van der Waals surface area contributed by atoms with E-state index < -0.39 is 53.0 Å². The number of ether oxygens (including phenoxy) is 2. The van der Waals surface area contributed by atoms with Gasteiger partial charge in [0.05, 0.1) is 24.9 Å². The van der Waals surface area contributed by atoms with Gasteiger partial charge in [-0.3, -0.25) is 14.5 Å². The van der Waals surface area contributed by atoms with Gasteiger partial charge >= 0.3 is 12.1 Å². The van der Waals surface area contributed by atoms with E-state index >= 15 is 0 Å². The Balaban J connectivity index is 0.000000235. The first-order valence-corrected chi connectivity index (χ1v) is 16.1. The number of fused-ring (bicyclic) bond motifs is 1. The van der Waals surface area contributed by atoms with Gasteiger partial charge in [0.2, 0.25) is 12.3 Å². The minimum Gasteiger partial charge on any atom is -0.480 e. The maximum Gasteiger partial charge on any atom is 0.416 e. The monoisotopic (exact) mass is 695 g/mol. The van der Waals surface area contributed by atoms with Gasteiger partial charge in [-0.15, -0.1) is 0 Å². The first kappa shape index (κ1) is 37.9. The van der Waals surface area contributed by atoms with Crippen molar-refractivity contribution in [3.05, 3.63) is 58.9 Å². The lowest BCUT2D eigenvalue weighted by Gasteiger charge is -2.35. The minimum atomic E-state index is -4.76. The van der Waals surface area contributed by atoms with Gasteiger partial charge in [0.15, 0.2) is 0 Å². The van der Waals surface area contributed by atoms with E-state index in [0.717, 1.165) is 75.5 Å². The summed E-state index contributed by atoms with van der Waals surface area (Å²) in [6, 6.07) is 6.12. The Kier molecular flexibility index (Phi) is 12.5. The molecule has 2 saturated heterocycles. The van der Waals surface area contributed by atoms with Gasteiger partial charge in [-0.25, -0.2) is 9.18 Å². The van der Waals surface area contributed by atoms with Crippen LogP contribution in [0, 0.1) is 11.2 Å². The summed E-state index contributed by atoms with van der Waals surface area (Å²) >= 11 is 0. The Labute approximate surface area is 283 Å². The second-order valence-electron chi connectivity index (χ2n) is 13.5. The number of amides is 2. The maximum atomic E-state index is 13.7. The van der Waals surface area contributed by atoms with Gasteiger partial charge in [0.1, 0.15) is 17.9 Å². The Morgan fingerprint density at radius 3 is 2.37 bits per heavy atom. The van der Waals surface area contributed by atoms with Gasteiger partial charge < -0.3 is 35.0 Å². The zero-order chi connectivity index (χ0) is 35.9. The molecule has 3 heterocycles. The molecule has 3 aliphatic heterocycles. The first-order chi connectivity index (χ1) is 23.1. The highest BCUT2D eigenvalue weighted by Crippen LogP contribution is 2.34. The molecule has 0 radical (unpaired) electrons. The number of nitrogens with zero attached hydrogens (tertiary/aromatic N) is 3. The summed E-state index contributed by atoms with van der Waals surface area (Å²) in [5.41, 5.74) is 1.44. The summed E-state index contributed by atoms with van der Waals surface area (Å²) in [5, 5.41) is 15.6. The molecule has 2 aromatic carbocycles. The van der Waals surface area contributed by atoms with Crippen LogP contribution in [0.5, 0.6) is 0 Å². The Morgan fingerprint density at radius 2 is 1.76 bits per heavy atom. The fourth-order valence-corrected chi connectivity index (χ4v) is 6.05. The molecular weight excluding hydrogens is 650 g/mol. The van der Waals surface area contributed by atoms with Crippen LogP contribution in [0.4, 0.5) is 28.9 Å². The Morgan fingerprint density at radius 1 is 1.06 bits per heavy atom. The third kappa shape index (κ3) is 10.3. The number of hydrogen-bond donors (Lipinski definition) is 3. The number of likely N-dealkylation sites (tertiary alicyclic amines) is 1. The molecule has 11 nitrogen and oxygen atoms in total. The van der Waals surface area contributed by atoms with Crippen LogP contribution in [0.2, 0.25) is 0 Å². The molecule has 0 saturated carbocycles. The summed E-state index contributed by atoms with van der Waals surface area (Å²) in [4.78, 5) is 40.9. The number of hydrogen-bond acceptors (Lipinski definition) is 8. The minimum absolute atomic E-state index is 0.0392. The molecule has 3 aliphatic rings. The Bertz CT molecular complexity index is 1460. The van der Waals surface area contributed by atoms with Crippen LogP contribution in [0.3, 0.4) is 0 Å². The number of nitrogens with one attached hydrogen (secondary N) is 2. The van der Waals surface area contributed by atoms with Crippen molar-refractivity contribution in [2.24, 2.45) is 5.41 Å². The van der Waals surface area contributed by atoms with Gasteiger partial charge in [-0.05, 0) is 46.9 Å². The number of carboxylic acid groups (broad SMARTS) is 1. The largest absolute Gasteiger partial charge is 0.480 e. The number of methoxy groups -OCH3 is 1. The SMILES string of the molecule is COC1CC(C(=O)O)N(C(=O)C(Nc2cc(F)cc(C(F)(F)F)c2)C(C)(C)C)C1.O=CN1Cc2ccc(NCCN3CCOCC3)cc2C1. The highest BCUT2D eigenvalue weighted by Gasteiger charge is 2.45. The van der Waals surface area contributed by atoms with Crippen LogP contribution >= 0.6 is 0 Å². The number of benzene rings is 2. The number of carbonyl (C=O) groups is 3. The maximum absolute atomic E-state index is 13.7. The van der Waals surface area contributed by atoms with E-state index in [-0.39, 0.29) is 18.7 Å². The van der Waals surface area contributed by atoms with Gasteiger partial charge in [0.25, 0.3) is 0 Å². The molecule has 3 atom stereocenters. The Hall–Kier alpha value is -3.95. The first-order valence-electron chi connectivity index (χ1n) is 16.1. The summed E-state index contributed by atoms with van der Waals surface area (Å²) in [7, 11) is 1.41. The average molecular weight is 696 g/mol. The fraction of sp³-hybridized carbons (Fsp3) is 0.559. The lowest BCUT2D eigenvalue weighted by atomic mass is 9.85. The predicted octanol–water partition coefficient (Wildman–Crippen LogP) is 4.27. The van der Waals surface area contributed by atoms with Crippen molar-refractivity contribution in [3.8, 4) is 0 Å². The zero-order valence-corrected chi connectivity index (χ0v) is 28.2. The summed E-state index contributed by atoms with van der Waals surface area (Å²) in [6.07, 6.45) is -4.20. The van der Waals surface area contributed by atoms with Gasteiger partial charge in [0, 0.05) is 70.7 Å². The molecule has 0 aromatic heterocycles. The smallest absolute Gasteiger partial charge is 0.416 e. The van der Waals surface area contributed by atoms with E-state index in [9.17, 15) is 37.1 Å². The lowest BCUT2D eigenvalue weighted by molar-refractivity contribution is -0.149. The van der Waals surface area contributed by atoms with Crippen LogP contribution in [-0.2, 0) is 43.1 Å². The van der Waals surface area contributed by atoms with Crippen LogP contribution in [0.1, 0.15) is 43.9 Å². The normalized spacial score (nSPS) is 20.2. The molecule has 3 N–H and O–H groups in total. The van der Waals surface area contributed by atoms with Gasteiger partial charge in [-0.2, -0.15) is 13.2 Å². The summed E-state index contributed by atoms with van der Waals surface area (Å²) < 4.78 is 63.2. The van der Waals surface area contributed by atoms with E-state index in [0.29, 0.717) is 12.1 Å². The number of carboxylic acids is 1. The van der Waals surface area contributed by atoms with Crippen LogP contribution in [-0.4, -0.2) is 109 Å². The summed E-state index contributed by atoms with van der Waals surface area (Å²) in [5.74, 6) is -2.91. The molecular formula is C34H45F4N5O6. The highest BCUT2D eigenvalue weighted by molar-refractivity contribution is 5.90. The molecule has 2 amide bonds. The molecule has 2 aromatic rings. The molecule has 3 unspecified atom stereocenters. The van der Waals surface area contributed by atoms with Crippen molar-refractivity contribution < 1.29 is 46.5 Å². The number of morpholine rings is 1. The topological polar surface area (TPSA) is 124 Å².